The summed E-state index contributed by atoms with van der Waals surface area (Å²) in [6.45, 7) is 3.77. The van der Waals surface area contributed by atoms with Gasteiger partial charge in [0.1, 0.15) is 12.7 Å². The third-order valence-corrected chi connectivity index (χ3v) is 4.63. The fourth-order valence-corrected chi connectivity index (χ4v) is 2.82. The van der Waals surface area contributed by atoms with Crippen LogP contribution in [0.2, 0.25) is 0 Å². The van der Waals surface area contributed by atoms with E-state index in [4.69, 9.17) is 0 Å². The fraction of sp³-hybridized carbons (Fsp3) is 0.471. The zero-order chi connectivity index (χ0) is 17.2. The van der Waals surface area contributed by atoms with E-state index in [1.54, 1.807) is 11.0 Å². The number of carbonyl (C=O) groups is 1. The number of aromatic nitrogens is 3. The van der Waals surface area contributed by atoms with Crippen LogP contribution in [-0.4, -0.2) is 38.0 Å². The fourth-order valence-electron chi connectivity index (χ4n) is 2.82. The summed E-state index contributed by atoms with van der Waals surface area (Å²) in [5.41, 5.74) is 1.36. The van der Waals surface area contributed by atoms with Gasteiger partial charge in [-0.15, -0.1) is 0 Å². The van der Waals surface area contributed by atoms with E-state index in [0.29, 0.717) is 5.92 Å². The zero-order valence-electron chi connectivity index (χ0n) is 13.9. The molecule has 7 nitrogen and oxygen atoms in total. The van der Waals surface area contributed by atoms with E-state index in [0.717, 1.165) is 24.1 Å². The lowest BCUT2D eigenvalue weighted by molar-refractivity contribution is 0.154. The van der Waals surface area contributed by atoms with E-state index in [1.807, 2.05) is 38.1 Å². The van der Waals surface area contributed by atoms with Crippen molar-refractivity contribution in [3.8, 4) is 5.69 Å². The van der Waals surface area contributed by atoms with E-state index >= 15 is 0 Å². The predicted octanol–water partition coefficient (Wildman–Crippen LogP) is 1.79. The van der Waals surface area contributed by atoms with Crippen LogP contribution >= 0.6 is 0 Å². The molecule has 7 heteroatoms. The molecule has 1 heterocycles. The molecular weight excluding hydrogens is 306 g/mol. The van der Waals surface area contributed by atoms with Crippen molar-refractivity contribution in [3.05, 3.63) is 42.5 Å². The van der Waals surface area contributed by atoms with Crippen molar-refractivity contribution in [2.45, 2.75) is 38.3 Å². The summed E-state index contributed by atoms with van der Waals surface area (Å²) >= 11 is 0. The van der Waals surface area contributed by atoms with Crippen molar-refractivity contribution in [3.63, 3.8) is 0 Å². The van der Waals surface area contributed by atoms with Crippen LogP contribution in [0.4, 0.5) is 4.79 Å². The standard InChI is InChI=1S/C17H23N5O2/c1-12(20-16(24)21-17(2,9-23)14-5-6-14)13-3-7-15(8-4-13)22-11-18-10-19-22/h3-4,7-8,10-12,14,23H,5-6,9H2,1-2H3,(H2,20,21,24). The number of nitrogens with one attached hydrogen (secondary N) is 2. The van der Waals surface area contributed by atoms with Gasteiger partial charge in [-0.05, 0) is 50.3 Å². The Bertz CT molecular complexity index is 682. The summed E-state index contributed by atoms with van der Waals surface area (Å²) in [6, 6.07) is 7.37. The molecule has 1 aromatic carbocycles. The van der Waals surface area contributed by atoms with Gasteiger partial charge in [-0.3, -0.25) is 0 Å². The second-order valence-corrected chi connectivity index (χ2v) is 6.60. The van der Waals surface area contributed by atoms with Crippen LogP contribution in [0.3, 0.4) is 0 Å². The number of nitrogens with zero attached hydrogens (tertiary/aromatic N) is 3. The number of benzene rings is 1. The van der Waals surface area contributed by atoms with Gasteiger partial charge in [-0.25, -0.2) is 14.5 Å². The van der Waals surface area contributed by atoms with Gasteiger partial charge in [0.15, 0.2) is 0 Å². The molecule has 1 aliphatic carbocycles. The Labute approximate surface area is 141 Å². The molecule has 24 heavy (non-hydrogen) atoms. The summed E-state index contributed by atoms with van der Waals surface area (Å²) in [5.74, 6) is 0.366. The van der Waals surface area contributed by atoms with E-state index in [9.17, 15) is 9.90 Å². The van der Waals surface area contributed by atoms with Crippen LogP contribution in [0.25, 0.3) is 5.69 Å². The average molecular weight is 329 g/mol. The van der Waals surface area contributed by atoms with Gasteiger partial charge in [0.25, 0.3) is 0 Å². The van der Waals surface area contributed by atoms with Crippen molar-refractivity contribution in [1.29, 1.82) is 0 Å². The summed E-state index contributed by atoms with van der Waals surface area (Å²) < 4.78 is 1.68. The molecule has 1 aromatic heterocycles. The molecule has 2 aromatic rings. The third-order valence-electron chi connectivity index (χ3n) is 4.63. The summed E-state index contributed by atoms with van der Waals surface area (Å²) in [4.78, 5) is 16.2. The van der Waals surface area contributed by atoms with Crippen molar-refractivity contribution in [1.82, 2.24) is 25.4 Å². The highest BCUT2D eigenvalue weighted by molar-refractivity contribution is 5.75. The Morgan fingerprint density at radius 2 is 2.12 bits per heavy atom. The van der Waals surface area contributed by atoms with Crippen LogP contribution in [-0.2, 0) is 0 Å². The Balaban J connectivity index is 1.60. The first-order chi connectivity index (χ1) is 11.5. The van der Waals surface area contributed by atoms with Crippen LogP contribution in [0.5, 0.6) is 0 Å². The average Bonchev–Trinajstić information content (AvgIpc) is 3.31. The van der Waals surface area contributed by atoms with Crippen LogP contribution in [0, 0.1) is 5.92 Å². The second-order valence-electron chi connectivity index (χ2n) is 6.60. The first-order valence-electron chi connectivity index (χ1n) is 8.16. The van der Waals surface area contributed by atoms with Crippen molar-refractivity contribution in [2.75, 3.05) is 6.61 Å². The SMILES string of the molecule is CC(NC(=O)NC(C)(CO)C1CC1)c1ccc(-n2cncn2)cc1. The molecule has 1 fully saturated rings. The molecule has 3 rings (SSSR count). The number of aliphatic hydroxyl groups is 1. The van der Waals surface area contributed by atoms with Gasteiger partial charge in [0, 0.05) is 0 Å². The molecule has 3 N–H and O–H groups in total. The molecule has 0 aliphatic heterocycles. The van der Waals surface area contributed by atoms with Crippen LogP contribution < -0.4 is 10.6 Å². The maximum absolute atomic E-state index is 12.2. The minimum absolute atomic E-state index is 0.0495. The molecule has 0 saturated heterocycles. The molecule has 2 amide bonds. The lowest BCUT2D eigenvalue weighted by Gasteiger charge is -2.29. The summed E-state index contributed by atoms with van der Waals surface area (Å²) in [7, 11) is 0. The highest BCUT2D eigenvalue weighted by Crippen LogP contribution is 2.39. The quantitative estimate of drug-likeness (QED) is 0.753. The number of hydrogen-bond donors (Lipinski definition) is 3. The zero-order valence-corrected chi connectivity index (χ0v) is 13.9. The predicted molar refractivity (Wildman–Crippen MR) is 89.7 cm³/mol. The Morgan fingerprint density at radius 1 is 1.42 bits per heavy atom. The van der Waals surface area contributed by atoms with Gasteiger partial charge in [-0.1, -0.05) is 12.1 Å². The third kappa shape index (κ3) is 3.56. The first kappa shape index (κ1) is 16.4. The molecule has 128 valence electrons. The minimum atomic E-state index is -0.541. The lowest BCUT2D eigenvalue weighted by Crippen LogP contribution is -2.54. The highest BCUT2D eigenvalue weighted by atomic mass is 16.3. The van der Waals surface area contributed by atoms with Gasteiger partial charge >= 0.3 is 6.03 Å². The molecule has 1 saturated carbocycles. The second kappa shape index (κ2) is 6.60. The Hall–Kier alpha value is -2.41. The van der Waals surface area contributed by atoms with Crippen molar-refractivity contribution in [2.24, 2.45) is 5.92 Å². The maximum atomic E-state index is 12.2. The van der Waals surface area contributed by atoms with E-state index in [2.05, 4.69) is 20.7 Å². The van der Waals surface area contributed by atoms with Gasteiger partial charge < -0.3 is 15.7 Å². The van der Waals surface area contributed by atoms with Gasteiger partial charge in [-0.2, -0.15) is 5.10 Å². The lowest BCUT2D eigenvalue weighted by atomic mass is 9.97. The van der Waals surface area contributed by atoms with Crippen molar-refractivity contribution >= 4 is 6.03 Å². The monoisotopic (exact) mass is 329 g/mol. The number of amides is 2. The van der Waals surface area contributed by atoms with Gasteiger partial charge in [0.2, 0.25) is 0 Å². The Kier molecular flexibility index (Phi) is 4.53. The van der Waals surface area contributed by atoms with E-state index in [-0.39, 0.29) is 18.7 Å². The number of rotatable bonds is 6. The largest absolute Gasteiger partial charge is 0.394 e. The number of carbonyl (C=O) groups excluding carboxylic acids is 1. The van der Waals surface area contributed by atoms with Crippen LogP contribution in [0.15, 0.2) is 36.9 Å². The topological polar surface area (TPSA) is 92.1 Å². The summed E-state index contributed by atoms with van der Waals surface area (Å²) in [5, 5.41) is 19.5. The molecule has 1 aliphatic rings. The van der Waals surface area contributed by atoms with Crippen molar-refractivity contribution < 1.29 is 9.90 Å². The number of urea groups is 1. The number of hydrogen-bond acceptors (Lipinski definition) is 4. The van der Waals surface area contributed by atoms with E-state index < -0.39 is 5.54 Å². The van der Waals surface area contributed by atoms with Crippen LogP contribution in [0.1, 0.15) is 38.3 Å². The number of aliphatic hydroxyl groups excluding tert-OH is 1. The maximum Gasteiger partial charge on any atom is 0.315 e. The molecule has 0 spiro atoms. The highest BCUT2D eigenvalue weighted by Gasteiger charge is 2.42. The van der Waals surface area contributed by atoms with Gasteiger partial charge in [0.05, 0.1) is 23.9 Å². The molecule has 0 bridgehead atoms. The molecular formula is C17H23N5O2. The first-order valence-corrected chi connectivity index (χ1v) is 8.16. The molecule has 2 unspecified atom stereocenters. The summed E-state index contributed by atoms with van der Waals surface area (Å²) in [6.07, 6.45) is 5.23. The normalized spacial score (nSPS) is 17.8. The minimum Gasteiger partial charge on any atom is -0.394 e. The Morgan fingerprint density at radius 3 is 2.67 bits per heavy atom. The smallest absolute Gasteiger partial charge is 0.315 e. The molecule has 0 radical (unpaired) electrons. The molecule has 2 atom stereocenters. The van der Waals surface area contributed by atoms with E-state index in [1.165, 1.54) is 6.33 Å².